The van der Waals surface area contributed by atoms with E-state index in [1.165, 1.54) is 11.1 Å². The molecule has 1 aromatic rings. The number of aryl methyl sites for hydroxylation is 1. The van der Waals surface area contributed by atoms with Gasteiger partial charge in [0.2, 0.25) is 0 Å². The molecule has 4 heteroatoms. The number of aromatic nitrogens is 1. The molecule has 0 aromatic carbocycles. The molecule has 0 spiro atoms. The predicted octanol–water partition coefficient (Wildman–Crippen LogP) is 2.30. The van der Waals surface area contributed by atoms with E-state index in [-0.39, 0.29) is 6.04 Å². The van der Waals surface area contributed by atoms with Crippen LogP contribution in [0.2, 0.25) is 0 Å². The maximum atomic E-state index is 5.88. The van der Waals surface area contributed by atoms with Crippen molar-refractivity contribution in [3.05, 3.63) is 23.4 Å². The lowest BCUT2D eigenvalue weighted by Crippen LogP contribution is -2.35. The third-order valence-corrected chi connectivity index (χ3v) is 3.37. The topological polar surface area (TPSA) is 45.4 Å². The number of nitrogens with zero attached hydrogens (tertiary/aromatic N) is 3. The van der Waals surface area contributed by atoms with E-state index in [0.29, 0.717) is 5.92 Å². The van der Waals surface area contributed by atoms with E-state index >= 15 is 0 Å². The van der Waals surface area contributed by atoms with Gasteiger partial charge >= 0.3 is 0 Å². The SMILES string of the molecule is Cc1cc(CC(C)N)cnc1N(CCN(C)C)CC(C)C. The molecule has 0 amide bonds. The van der Waals surface area contributed by atoms with Crippen LogP contribution in [0.15, 0.2) is 12.3 Å². The lowest BCUT2D eigenvalue weighted by Gasteiger charge is -2.28. The molecule has 1 atom stereocenters. The van der Waals surface area contributed by atoms with E-state index < -0.39 is 0 Å². The van der Waals surface area contributed by atoms with Gasteiger partial charge in [-0.1, -0.05) is 19.9 Å². The summed E-state index contributed by atoms with van der Waals surface area (Å²) in [5.74, 6) is 1.73. The monoisotopic (exact) mass is 292 g/mol. The molecule has 0 radical (unpaired) electrons. The summed E-state index contributed by atoms with van der Waals surface area (Å²) >= 11 is 0. The molecule has 21 heavy (non-hydrogen) atoms. The van der Waals surface area contributed by atoms with Crippen LogP contribution in [0, 0.1) is 12.8 Å². The highest BCUT2D eigenvalue weighted by Crippen LogP contribution is 2.19. The van der Waals surface area contributed by atoms with Crippen LogP contribution in [-0.2, 0) is 6.42 Å². The van der Waals surface area contributed by atoms with Crippen LogP contribution in [0.5, 0.6) is 0 Å². The molecule has 0 saturated heterocycles. The number of anilines is 1. The van der Waals surface area contributed by atoms with Crippen molar-refractivity contribution < 1.29 is 0 Å². The van der Waals surface area contributed by atoms with Gasteiger partial charge in [0.25, 0.3) is 0 Å². The Balaban J connectivity index is 2.90. The zero-order valence-electron chi connectivity index (χ0n) is 14.6. The number of nitrogens with two attached hydrogens (primary N) is 1. The summed E-state index contributed by atoms with van der Waals surface area (Å²) in [5.41, 5.74) is 8.34. The molecule has 1 rings (SSSR count). The Morgan fingerprint density at radius 1 is 1.19 bits per heavy atom. The number of likely N-dealkylation sites (N-methyl/N-ethyl adjacent to an activating group) is 1. The average Bonchev–Trinajstić information content (AvgIpc) is 2.33. The Labute approximate surface area is 130 Å². The van der Waals surface area contributed by atoms with Crippen molar-refractivity contribution >= 4 is 5.82 Å². The maximum Gasteiger partial charge on any atom is 0.131 e. The molecule has 0 aliphatic heterocycles. The molecule has 0 fully saturated rings. The number of pyridine rings is 1. The van der Waals surface area contributed by atoms with Crippen molar-refractivity contribution in [2.45, 2.75) is 40.2 Å². The first-order chi connectivity index (χ1) is 9.79. The summed E-state index contributed by atoms with van der Waals surface area (Å²) in [4.78, 5) is 9.33. The quantitative estimate of drug-likeness (QED) is 0.798. The summed E-state index contributed by atoms with van der Waals surface area (Å²) in [5, 5.41) is 0. The summed E-state index contributed by atoms with van der Waals surface area (Å²) in [6.07, 6.45) is 2.87. The van der Waals surface area contributed by atoms with Crippen LogP contribution < -0.4 is 10.6 Å². The smallest absolute Gasteiger partial charge is 0.131 e. The van der Waals surface area contributed by atoms with Crippen LogP contribution in [0.4, 0.5) is 5.82 Å². The standard InChI is InChI=1S/C17H32N4/c1-13(2)12-21(8-7-20(5)6)17-14(3)9-16(11-19-17)10-15(4)18/h9,11,13,15H,7-8,10,12,18H2,1-6H3. The second kappa shape index (κ2) is 8.35. The first kappa shape index (κ1) is 17.9. The van der Waals surface area contributed by atoms with Gasteiger partial charge in [-0.2, -0.15) is 0 Å². The van der Waals surface area contributed by atoms with Crippen LogP contribution >= 0.6 is 0 Å². The van der Waals surface area contributed by atoms with Crippen LogP contribution in [0.1, 0.15) is 31.9 Å². The van der Waals surface area contributed by atoms with Crippen LogP contribution in [0.25, 0.3) is 0 Å². The molecule has 0 aliphatic carbocycles. The van der Waals surface area contributed by atoms with E-state index in [2.05, 4.69) is 50.7 Å². The van der Waals surface area contributed by atoms with Crippen LogP contribution in [0.3, 0.4) is 0 Å². The van der Waals surface area contributed by atoms with Gasteiger partial charge in [0.1, 0.15) is 5.82 Å². The highest BCUT2D eigenvalue weighted by atomic mass is 15.2. The molecule has 1 unspecified atom stereocenters. The fraction of sp³-hybridized carbons (Fsp3) is 0.706. The van der Waals surface area contributed by atoms with E-state index in [4.69, 9.17) is 10.7 Å². The molecule has 0 saturated carbocycles. The highest BCUT2D eigenvalue weighted by Gasteiger charge is 2.13. The minimum Gasteiger partial charge on any atom is -0.355 e. The largest absolute Gasteiger partial charge is 0.355 e. The van der Waals surface area contributed by atoms with Gasteiger partial charge in [0.15, 0.2) is 0 Å². The average molecular weight is 292 g/mol. The second-order valence-electron chi connectivity index (χ2n) is 6.81. The molecule has 2 N–H and O–H groups in total. The normalized spacial score (nSPS) is 13.0. The summed E-state index contributed by atoms with van der Waals surface area (Å²) in [6.45, 7) is 11.8. The fourth-order valence-electron chi connectivity index (χ4n) is 2.49. The number of hydrogen-bond acceptors (Lipinski definition) is 4. The molecule has 1 aromatic heterocycles. The summed E-state index contributed by atoms with van der Waals surface area (Å²) in [6, 6.07) is 2.41. The van der Waals surface area contributed by atoms with Gasteiger partial charge in [0.05, 0.1) is 0 Å². The molecular weight excluding hydrogens is 260 g/mol. The third kappa shape index (κ3) is 6.44. The van der Waals surface area contributed by atoms with E-state index in [1.54, 1.807) is 0 Å². The van der Waals surface area contributed by atoms with E-state index in [1.807, 2.05) is 13.1 Å². The zero-order chi connectivity index (χ0) is 16.0. The Hall–Kier alpha value is -1.13. The Morgan fingerprint density at radius 2 is 1.86 bits per heavy atom. The first-order valence-corrected chi connectivity index (χ1v) is 7.90. The van der Waals surface area contributed by atoms with Crippen molar-refractivity contribution in [1.82, 2.24) is 9.88 Å². The summed E-state index contributed by atoms with van der Waals surface area (Å²) < 4.78 is 0. The molecule has 120 valence electrons. The fourth-order valence-corrected chi connectivity index (χ4v) is 2.49. The third-order valence-electron chi connectivity index (χ3n) is 3.37. The lowest BCUT2D eigenvalue weighted by molar-refractivity contribution is 0.408. The van der Waals surface area contributed by atoms with Gasteiger partial charge < -0.3 is 15.5 Å². The van der Waals surface area contributed by atoms with Crippen molar-refractivity contribution in [2.75, 3.05) is 38.6 Å². The highest BCUT2D eigenvalue weighted by molar-refractivity contribution is 5.47. The Bertz CT molecular complexity index is 427. The first-order valence-electron chi connectivity index (χ1n) is 7.90. The summed E-state index contributed by atoms with van der Waals surface area (Å²) in [7, 11) is 4.22. The second-order valence-corrected chi connectivity index (χ2v) is 6.81. The molecular formula is C17H32N4. The molecule has 1 heterocycles. The Kier molecular flexibility index (Phi) is 7.12. The maximum absolute atomic E-state index is 5.88. The number of rotatable bonds is 8. The van der Waals surface area contributed by atoms with Gasteiger partial charge in [-0.05, 0) is 51.4 Å². The molecule has 0 bridgehead atoms. The minimum absolute atomic E-state index is 0.178. The molecule has 4 nitrogen and oxygen atoms in total. The van der Waals surface area contributed by atoms with E-state index in [9.17, 15) is 0 Å². The van der Waals surface area contributed by atoms with Gasteiger partial charge in [0, 0.05) is 31.9 Å². The van der Waals surface area contributed by atoms with Gasteiger partial charge in [-0.15, -0.1) is 0 Å². The minimum atomic E-state index is 0.178. The van der Waals surface area contributed by atoms with Gasteiger partial charge in [-0.25, -0.2) is 4.98 Å². The predicted molar refractivity (Wildman–Crippen MR) is 91.9 cm³/mol. The zero-order valence-corrected chi connectivity index (χ0v) is 14.6. The van der Waals surface area contributed by atoms with Crippen molar-refractivity contribution in [2.24, 2.45) is 11.7 Å². The lowest BCUT2D eigenvalue weighted by atomic mass is 10.1. The number of hydrogen-bond donors (Lipinski definition) is 1. The van der Waals surface area contributed by atoms with Crippen molar-refractivity contribution in [3.63, 3.8) is 0 Å². The van der Waals surface area contributed by atoms with Crippen molar-refractivity contribution in [3.8, 4) is 0 Å². The van der Waals surface area contributed by atoms with Crippen LogP contribution in [-0.4, -0.2) is 49.7 Å². The molecule has 0 aliphatic rings. The van der Waals surface area contributed by atoms with Gasteiger partial charge in [-0.3, -0.25) is 0 Å². The Morgan fingerprint density at radius 3 is 2.33 bits per heavy atom. The van der Waals surface area contributed by atoms with Crippen molar-refractivity contribution in [1.29, 1.82) is 0 Å². The van der Waals surface area contributed by atoms with E-state index in [0.717, 1.165) is 31.9 Å².